The van der Waals surface area contributed by atoms with Gasteiger partial charge in [0.25, 0.3) is 0 Å². The predicted octanol–water partition coefficient (Wildman–Crippen LogP) is 1.51. The number of benzene rings is 1. The lowest BCUT2D eigenvalue weighted by atomic mass is 9.99. The van der Waals surface area contributed by atoms with Gasteiger partial charge in [-0.15, -0.1) is 0 Å². The van der Waals surface area contributed by atoms with Crippen molar-refractivity contribution in [3.05, 3.63) is 35.9 Å². The van der Waals surface area contributed by atoms with Crippen LogP contribution < -0.4 is 0 Å². The van der Waals surface area contributed by atoms with Gasteiger partial charge in [-0.1, -0.05) is 30.3 Å². The fourth-order valence-corrected chi connectivity index (χ4v) is 3.02. The van der Waals surface area contributed by atoms with Gasteiger partial charge in [-0.05, 0) is 12.5 Å². The van der Waals surface area contributed by atoms with E-state index >= 15 is 0 Å². The van der Waals surface area contributed by atoms with Crippen LogP contribution in [0.1, 0.15) is 18.4 Å². The summed E-state index contributed by atoms with van der Waals surface area (Å²) in [5, 5.41) is 0. The van der Waals surface area contributed by atoms with Crippen molar-refractivity contribution in [3.63, 3.8) is 0 Å². The lowest BCUT2D eigenvalue weighted by Gasteiger charge is -2.12. The lowest BCUT2D eigenvalue weighted by Crippen LogP contribution is -2.29. The van der Waals surface area contributed by atoms with Gasteiger partial charge in [0.1, 0.15) is 0 Å². The summed E-state index contributed by atoms with van der Waals surface area (Å²) in [5.41, 5.74) is -0.0654. The van der Waals surface area contributed by atoms with Gasteiger partial charge in [-0.25, -0.2) is 0 Å². The molecule has 94 valence electrons. The van der Waals surface area contributed by atoms with Gasteiger partial charge in [-0.3, -0.25) is 9.59 Å². The van der Waals surface area contributed by atoms with Crippen LogP contribution in [-0.2, 0) is 19.1 Å². The molecular formula is C14H14O4. The summed E-state index contributed by atoms with van der Waals surface area (Å²) in [6, 6.07) is 9.62. The van der Waals surface area contributed by atoms with Gasteiger partial charge in [0, 0.05) is 11.8 Å². The highest BCUT2D eigenvalue weighted by molar-refractivity contribution is 6.07. The molecule has 3 atom stereocenters. The number of hydrogen-bond donors (Lipinski definition) is 0. The molecule has 4 heteroatoms. The topological polar surface area (TPSA) is 52.6 Å². The summed E-state index contributed by atoms with van der Waals surface area (Å²) >= 11 is 0. The molecule has 1 aromatic rings. The molecule has 1 heterocycles. The zero-order chi connectivity index (χ0) is 12.8. The van der Waals surface area contributed by atoms with Gasteiger partial charge in [0.2, 0.25) is 0 Å². The number of cyclic esters (lactones) is 1. The van der Waals surface area contributed by atoms with E-state index in [9.17, 15) is 9.59 Å². The summed E-state index contributed by atoms with van der Waals surface area (Å²) < 4.78 is 10.1. The molecule has 2 fully saturated rings. The quantitative estimate of drug-likeness (QED) is 0.599. The van der Waals surface area contributed by atoms with Crippen molar-refractivity contribution in [3.8, 4) is 0 Å². The van der Waals surface area contributed by atoms with E-state index < -0.39 is 17.4 Å². The van der Waals surface area contributed by atoms with Gasteiger partial charge in [0.15, 0.2) is 5.41 Å². The number of ether oxygens (including phenoxy) is 2. The summed E-state index contributed by atoms with van der Waals surface area (Å²) in [7, 11) is 0. The highest BCUT2D eigenvalue weighted by Crippen LogP contribution is 2.69. The molecule has 4 nitrogen and oxygen atoms in total. The van der Waals surface area contributed by atoms with Crippen LogP contribution >= 0.6 is 0 Å². The van der Waals surface area contributed by atoms with Crippen LogP contribution in [0.15, 0.2) is 30.3 Å². The molecule has 1 saturated carbocycles. The molecule has 1 saturated heterocycles. The minimum absolute atomic E-state index is 0.0635. The minimum Gasteiger partial charge on any atom is -0.465 e. The van der Waals surface area contributed by atoms with Crippen molar-refractivity contribution < 1.29 is 19.1 Å². The maximum Gasteiger partial charge on any atom is 0.324 e. The summed E-state index contributed by atoms with van der Waals surface area (Å²) in [5.74, 6) is -1.02. The first-order valence-electron chi connectivity index (χ1n) is 6.12. The second-order valence-corrected chi connectivity index (χ2v) is 4.68. The number of fused-ring (bicyclic) bond motifs is 1. The third kappa shape index (κ3) is 1.26. The first kappa shape index (κ1) is 11.3. The van der Waals surface area contributed by atoms with E-state index in [4.69, 9.17) is 9.47 Å². The Morgan fingerprint density at radius 1 is 1.44 bits per heavy atom. The Morgan fingerprint density at radius 3 is 2.83 bits per heavy atom. The lowest BCUT2D eigenvalue weighted by molar-refractivity contribution is -0.160. The maximum atomic E-state index is 12.1. The number of esters is 2. The van der Waals surface area contributed by atoms with Crippen molar-refractivity contribution in [1.82, 2.24) is 0 Å². The van der Waals surface area contributed by atoms with E-state index in [-0.39, 0.29) is 18.4 Å². The molecule has 1 aromatic carbocycles. The minimum atomic E-state index is -1.07. The number of carbonyl (C=O) groups excluding carboxylic acids is 2. The Morgan fingerprint density at radius 2 is 2.17 bits per heavy atom. The molecule has 0 amide bonds. The van der Waals surface area contributed by atoms with Crippen molar-refractivity contribution in [2.45, 2.75) is 12.8 Å². The summed E-state index contributed by atoms with van der Waals surface area (Å²) in [6.45, 7) is 2.34. The monoisotopic (exact) mass is 246 g/mol. The molecule has 0 aromatic heterocycles. The largest absolute Gasteiger partial charge is 0.465 e. The zero-order valence-corrected chi connectivity index (χ0v) is 10.1. The van der Waals surface area contributed by atoms with Crippen molar-refractivity contribution in [2.75, 3.05) is 13.2 Å². The zero-order valence-electron chi connectivity index (χ0n) is 10.1. The summed E-state index contributed by atoms with van der Waals surface area (Å²) in [4.78, 5) is 24.0. The maximum absolute atomic E-state index is 12.1. The molecule has 0 radical (unpaired) electrons. The second-order valence-electron chi connectivity index (χ2n) is 4.68. The summed E-state index contributed by atoms with van der Waals surface area (Å²) in [6.07, 6.45) is 0. The van der Waals surface area contributed by atoms with Gasteiger partial charge >= 0.3 is 11.9 Å². The van der Waals surface area contributed by atoms with Gasteiger partial charge in [-0.2, -0.15) is 0 Å². The first-order chi connectivity index (χ1) is 8.72. The van der Waals surface area contributed by atoms with Crippen LogP contribution in [0.4, 0.5) is 0 Å². The smallest absolute Gasteiger partial charge is 0.324 e. The first-order valence-corrected chi connectivity index (χ1v) is 6.12. The van der Waals surface area contributed by atoms with E-state index in [1.807, 2.05) is 30.3 Å². The SMILES string of the molecule is CCOC(=O)C12C(=O)OCC1C2c1ccccc1. The third-order valence-corrected chi connectivity index (χ3v) is 3.87. The second kappa shape index (κ2) is 3.83. The number of hydrogen-bond acceptors (Lipinski definition) is 4. The van der Waals surface area contributed by atoms with Crippen molar-refractivity contribution >= 4 is 11.9 Å². The van der Waals surface area contributed by atoms with Crippen LogP contribution in [0.3, 0.4) is 0 Å². The third-order valence-electron chi connectivity index (χ3n) is 3.87. The number of rotatable bonds is 3. The molecule has 0 bridgehead atoms. The Kier molecular flexibility index (Phi) is 2.40. The van der Waals surface area contributed by atoms with E-state index in [1.54, 1.807) is 6.92 Å². The van der Waals surface area contributed by atoms with Crippen molar-refractivity contribution in [1.29, 1.82) is 0 Å². The Balaban J connectivity index is 1.96. The van der Waals surface area contributed by atoms with Gasteiger partial charge < -0.3 is 9.47 Å². The molecule has 0 N–H and O–H groups in total. The number of carbonyl (C=O) groups is 2. The fraction of sp³-hybridized carbons (Fsp3) is 0.429. The predicted molar refractivity (Wildman–Crippen MR) is 62.7 cm³/mol. The molecule has 3 unspecified atom stereocenters. The standard InChI is InChI=1S/C14H14O4/c1-2-17-12(15)14-10(8-18-13(14)16)11(14)9-6-4-3-5-7-9/h3-7,10-11H,2,8H2,1H3. The fourth-order valence-electron chi connectivity index (χ4n) is 3.02. The van der Waals surface area contributed by atoms with Crippen LogP contribution in [0.5, 0.6) is 0 Å². The van der Waals surface area contributed by atoms with E-state index in [2.05, 4.69) is 0 Å². The highest BCUT2D eigenvalue weighted by atomic mass is 16.6. The van der Waals surface area contributed by atoms with Gasteiger partial charge in [0.05, 0.1) is 13.2 Å². The Labute approximate surface area is 105 Å². The average Bonchev–Trinajstić information content (AvgIpc) is 2.96. The van der Waals surface area contributed by atoms with E-state index in [0.717, 1.165) is 5.56 Å². The normalized spacial score (nSPS) is 32.6. The Bertz CT molecular complexity index is 496. The molecular weight excluding hydrogens is 232 g/mol. The molecule has 1 aliphatic heterocycles. The van der Waals surface area contributed by atoms with Crippen LogP contribution in [0.2, 0.25) is 0 Å². The van der Waals surface area contributed by atoms with E-state index in [1.165, 1.54) is 0 Å². The molecule has 1 aliphatic carbocycles. The molecule has 2 aliphatic rings. The van der Waals surface area contributed by atoms with Crippen LogP contribution in [0.25, 0.3) is 0 Å². The van der Waals surface area contributed by atoms with Crippen molar-refractivity contribution in [2.24, 2.45) is 11.3 Å². The molecule has 0 spiro atoms. The van der Waals surface area contributed by atoms with E-state index in [0.29, 0.717) is 6.61 Å². The molecule has 18 heavy (non-hydrogen) atoms. The average molecular weight is 246 g/mol. The Hall–Kier alpha value is -1.84. The molecule has 3 rings (SSSR count). The van der Waals surface area contributed by atoms with Crippen LogP contribution in [-0.4, -0.2) is 25.2 Å². The highest BCUT2D eigenvalue weighted by Gasteiger charge is 2.80. The van der Waals surface area contributed by atoms with Crippen LogP contribution in [0, 0.1) is 11.3 Å².